The number of nitrogens with one attached hydrogen (secondary N) is 1. The van der Waals surface area contributed by atoms with Crippen LogP contribution in [0.25, 0.3) is 0 Å². The maximum Gasteiger partial charge on any atom is 0.225 e. The molecule has 1 atom stereocenters. The van der Waals surface area contributed by atoms with E-state index in [1.165, 1.54) is 0 Å². The SMILES string of the molecule is CCC(=O)N1CCC(NC(=O)C2CC(=O)N(Cc3ccccc3)C2)CC1. The Bertz CT molecular complexity index is 654. The fourth-order valence-corrected chi connectivity index (χ4v) is 3.72. The van der Waals surface area contributed by atoms with Gasteiger partial charge in [0.1, 0.15) is 0 Å². The van der Waals surface area contributed by atoms with E-state index >= 15 is 0 Å². The van der Waals surface area contributed by atoms with Crippen molar-refractivity contribution in [1.82, 2.24) is 15.1 Å². The summed E-state index contributed by atoms with van der Waals surface area (Å²) in [6.45, 7) is 4.30. The Balaban J connectivity index is 1.47. The first kappa shape index (κ1) is 18.4. The maximum atomic E-state index is 12.6. The van der Waals surface area contributed by atoms with Crippen LogP contribution in [0.2, 0.25) is 0 Å². The quantitative estimate of drug-likeness (QED) is 0.869. The van der Waals surface area contributed by atoms with E-state index in [4.69, 9.17) is 0 Å². The number of carbonyl (C=O) groups excluding carboxylic acids is 3. The highest BCUT2D eigenvalue weighted by atomic mass is 16.2. The third-order valence-corrected chi connectivity index (χ3v) is 5.30. The Labute approximate surface area is 154 Å². The number of piperidine rings is 1. The fourth-order valence-electron chi connectivity index (χ4n) is 3.72. The number of nitrogens with zero attached hydrogens (tertiary/aromatic N) is 2. The van der Waals surface area contributed by atoms with Gasteiger partial charge in [0.2, 0.25) is 17.7 Å². The monoisotopic (exact) mass is 357 g/mol. The lowest BCUT2D eigenvalue weighted by Gasteiger charge is -2.32. The van der Waals surface area contributed by atoms with Gasteiger partial charge in [-0.2, -0.15) is 0 Å². The Morgan fingerprint density at radius 1 is 1.15 bits per heavy atom. The van der Waals surface area contributed by atoms with Crippen molar-refractivity contribution in [2.24, 2.45) is 5.92 Å². The van der Waals surface area contributed by atoms with Crippen LogP contribution in [0, 0.1) is 5.92 Å². The molecule has 2 heterocycles. The van der Waals surface area contributed by atoms with Crippen molar-refractivity contribution >= 4 is 17.7 Å². The second kappa shape index (κ2) is 8.34. The molecule has 2 aliphatic rings. The number of likely N-dealkylation sites (tertiary alicyclic amines) is 2. The molecule has 0 saturated carbocycles. The van der Waals surface area contributed by atoms with Gasteiger partial charge in [0.05, 0.1) is 5.92 Å². The van der Waals surface area contributed by atoms with Gasteiger partial charge in [-0.15, -0.1) is 0 Å². The van der Waals surface area contributed by atoms with E-state index in [2.05, 4.69) is 5.32 Å². The lowest BCUT2D eigenvalue weighted by atomic mass is 10.0. The third-order valence-electron chi connectivity index (χ3n) is 5.30. The molecule has 3 rings (SSSR count). The molecule has 1 aromatic rings. The van der Waals surface area contributed by atoms with E-state index in [9.17, 15) is 14.4 Å². The Hall–Kier alpha value is -2.37. The van der Waals surface area contributed by atoms with Crippen LogP contribution in [-0.2, 0) is 20.9 Å². The average molecular weight is 357 g/mol. The van der Waals surface area contributed by atoms with Gasteiger partial charge >= 0.3 is 0 Å². The first-order valence-electron chi connectivity index (χ1n) is 9.46. The molecule has 0 aliphatic carbocycles. The number of benzene rings is 1. The molecule has 0 spiro atoms. The molecule has 0 aromatic heterocycles. The van der Waals surface area contributed by atoms with Crippen LogP contribution in [0.3, 0.4) is 0 Å². The number of amides is 3. The van der Waals surface area contributed by atoms with Crippen molar-refractivity contribution in [2.45, 2.75) is 45.2 Å². The smallest absolute Gasteiger partial charge is 0.225 e. The van der Waals surface area contributed by atoms with Crippen LogP contribution in [-0.4, -0.2) is 53.2 Å². The van der Waals surface area contributed by atoms with Gasteiger partial charge in [0, 0.05) is 45.1 Å². The highest BCUT2D eigenvalue weighted by molar-refractivity contribution is 5.89. The minimum atomic E-state index is -0.276. The molecule has 1 unspecified atom stereocenters. The summed E-state index contributed by atoms with van der Waals surface area (Å²) in [6, 6.07) is 9.94. The van der Waals surface area contributed by atoms with Gasteiger partial charge in [-0.25, -0.2) is 0 Å². The molecule has 140 valence electrons. The van der Waals surface area contributed by atoms with E-state index < -0.39 is 0 Å². The molecule has 3 amide bonds. The molecule has 6 heteroatoms. The Morgan fingerprint density at radius 2 is 1.85 bits per heavy atom. The highest BCUT2D eigenvalue weighted by Crippen LogP contribution is 2.21. The minimum Gasteiger partial charge on any atom is -0.353 e. The summed E-state index contributed by atoms with van der Waals surface area (Å²) in [5.41, 5.74) is 1.08. The zero-order chi connectivity index (χ0) is 18.5. The number of rotatable bonds is 5. The van der Waals surface area contributed by atoms with Gasteiger partial charge in [-0.05, 0) is 18.4 Å². The first-order valence-corrected chi connectivity index (χ1v) is 9.46. The normalized spacial score (nSPS) is 21.1. The lowest BCUT2D eigenvalue weighted by Crippen LogP contribution is -2.48. The van der Waals surface area contributed by atoms with Crippen LogP contribution < -0.4 is 5.32 Å². The van der Waals surface area contributed by atoms with E-state index in [1.54, 1.807) is 4.90 Å². The van der Waals surface area contributed by atoms with Gasteiger partial charge in [-0.3, -0.25) is 14.4 Å². The summed E-state index contributed by atoms with van der Waals surface area (Å²) in [4.78, 5) is 40.1. The molecule has 2 aliphatic heterocycles. The van der Waals surface area contributed by atoms with Crippen molar-refractivity contribution in [2.75, 3.05) is 19.6 Å². The van der Waals surface area contributed by atoms with Gasteiger partial charge in [0.15, 0.2) is 0 Å². The predicted molar refractivity (Wildman–Crippen MR) is 98.0 cm³/mol. The summed E-state index contributed by atoms with van der Waals surface area (Å²) in [7, 11) is 0. The number of hydrogen-bond acceptors (Lipinski definition) is 3. The summed E-state index contributed by atoms with van der Waals surface area (Å²) in [5.74, 6) is -0.0965. The van der Waals surface area contributed by atoms with E-state index in [0.717, 1.165) is 18.4 Å². The van der Waals surface area contributed by atoms with Crippen LogP contribution in [0.5, 0.6) is 0 Å². The Morgan fingerprint density at radius 3 is 2.50 bits per heavy atom. The van der Waals surface area contributed by atoms with Gasteiger partial charge < -0.3 is 15.1 Å². The molecular weight excluding hydrogens is 330 g/mol. The molecule has 2 saturated heterocycles. The number of hydrogen-bond donors (Lipinski definition) is 1. The molecule has 1 N–H and O–H groups in total. The van der Waals surface area contributed by atoms with E-state index in [1.807, 2.05) is 42.2 Å². The lowest BCUT2D eigenvalue weighted by molar-refractivity contribution is -0.132. The second-order valence-corrected chi connectivity index (χ2v) is 7.18. The second-order valence-electron chi connectivity index (χ2n) is 7.18. The van der Waals surface area contributed by atoms with Crippen molar-refractivity contribution in [3.8, 4) is 0 Å². The predicted octanol–water partition coefficient (Wildman–Crippen LogP) is 1.55. The summed E-state index contributed by atoms with van der Waals surface area (Å²) >= 11 is 0. The molecule has 6 nitrogen and oxygen atoms in total. The molecule has 26 heavy (non-hydrogen) atoms. The van der Waals surface area contributed by atoms with Crippen LogP contribution in [0.4, 0.5) is 0 Å². The topological polar surface area (TPSA) is 69.7 Å². The highest BCUT2D eigenvalue weighted by Gasteiger charge is 2.35. The summed E-state index contributed by atoms with van der Waals surface area (Å²) < 4.78 is 0. The zero-order valence-corrected chi connectivity index (χ0v) is 15.3. The van der Waals surface area contributed by atoms with Crippen LogP contribution in [0.15, 0.2) is 30.3 Å². The molecule has 2 fully saturated rings. The minimum absolute atomic E-state index is 0.0332. The molecule has 0 radical (unpaired) electrons. The standard InChI is InChI=1S/C20H27N3O3/c1-2-18(24)22-10-8-17(9-11-22)21-20(26)16-12-19(25)23(14-16)13-15-6-4-3-5-7-15/h3-7,16-17H,2,8-14H2,1H3,(H,21,26). The summed E-state index contributed by atoms with van der Waals surface area (Å²) in [5, 5.41) is 3.09. The van der Waals surface area contributed by atoms with Crippen molar-refractivity contribution in [3.63, 3.8) is 0 Å². The molecule has 1 aromatic carbocycles. The van der Waals surface area contributed by atoms with Crippen molar-refractivity contribution in [3.05, 3.63) is 35.9 Å². The zero-order valence-electron chi connectivity index (χ0n) is 15.3. The van der Waals surface area contributed by atoms with Gasteiger partial charge in [0.25, 0.3) is 0 Å². The van der Waals surface area contributed by atoms with Crippen molar-refractivity contribution in [1.29, 1.82) is 0 Å². The van der Waals surface area contributed by atoms with Gasteiger partial charge in [-0.1, -0.05) is 37.3 Å². The fraction of sp³-hybridized carbons (Fsp3) is 0.550. The van der Waals surface area contributed by atoms with Crippen LogP contribution >= 0.6 is 0 Å². The first-order chi connectivity index (χ1) is 12.6. The molecule has 0 bridgehead atoms. The van der Waals surface area contributed by atoms with Crippen LogP contribution in [0.1, 0.15) is 38.2 Å². The summed E-state index contributed by atoms with van der Waals surface area (Å²) in [6.07, 6.45) is 2.38. The Kier molecular flexibility index (Phi) is 5.91. The third kappa shape index (κ3) is 4.42. The molecular formula is C20H27N3O3. The van der Waals surface area contributed by atoms with E-state index in [0.29, 0.717) is 32.6 Å². The number of carbonyl (C=O) groups is 3. The maximum absolute atomic E-state index is 12.6. The van der Waals surface area contributed by atoms with E-state index in [-0.39, 0.29) is 36.1 Å². The van der Waals surface area contributed by atoms with Crippen molar-refractivity contribution < 1.29 is 14.4 Å². The average Bonchev–Trinajstić information content (AvgIpc) is 3.03. The largest absolute Gasteiger partial charge is 0.353 e.